The molecule has 0 fully saturated rings. The van der Waals surface area contributed by atoms with Crippen molar-refractivity contribution in [2.75, 3.05) is 13.1 Å². The minimum atomic E-state index is -1.06. The standard InChI is InChI=1S/C29H31ClN4O5/c30-24-10-5-4-9-23(24)18-33-29(39)31-16-6-11-26(35)32-19-27(36)34-25(17-28(37)38)22-14-12-21(13-15-22)20-7-2-1-3-8-20/h1-5,7-10,12-15,25H,6,11,16-19H2,(H,32,35)(H,34,36)(H,37,38)(H2,31,33,39). The number of carbonyl (C=O) groups is 4. The van der Waals surface area contributed by atoms with Crippen molar-refractivity contribution in [3.63, 3.8) is 0 Å². The van der Waals surface area contributed by atoms with E-state index in [9.17, 15) is 24.3 Å². The maximum Gasteiger partial charge on any atom is 0.315 e. The molecule has 0 heterocycles. The number of carboxylic acids is 1. The number of halogens is 1. The molecular weight excluding hydrogens is 520 g/mol. The molecule has 0 saturated heterocycles. The number of urea groups is 1. The topological polar surface area (TPSA) is 137 Å². The molecule has 5 N–H and O–H groups in total. The molecule has 3 rings (SSSR count). The van der Waals surface area contributed by atoms with Crippen molar-refractivity contribution in [1.82, 2.24) is 21.3 Å². The van der Waals surface area contributed by atoms with Crippen LogP contribution < -0.4 is 21.3 Å². The summed E-state index contributed by atoms with van der Waals surface area (Å²) in [5, 5.41) is 20.4. The van der Waals surface area contributed by atoms with E-state index in [0.29, 0.717) is 17.0 Å². The fraction of sp³-hybridized carbons (Fsp3) is 0.241. The van der Waals surface area contributed by atoms with Crippen molar-refractivity contribution in [1.29, 1.82) is 0 Å². The normalized spacial score (nSPS) is 11.2. The molecule has 1 atom stereocenters. The summed E-state index contributed by atoms with van der Waals surface area (Å²) in [6, 6.07) is 23.1. The van der Waals surface area contributed by atoms with Gasteiger partial charge in [-0.25, -0.2) is 4.79 Å². The van der Waals surface area contributed by atoms with Gasteiger partial charge in [0.2, 0.25) is 11.8 Å². The Balaban J connectivity index is 1.38. The third-order valence-electron chi connectivity index (χ3n) is 5.84. The Morgan fingerprint density at radius 2 is 1.44 bits per heavy atom. The summed E-state index contributed by atoms with van der Waals surface area (Å²) in [7, 11) is 0. The van der Waals surface area contributed by atoms with Crippen LogP contribution in [0.4, 0.5) is 4.79 Å². The van der Waals surface area contributed by atoms with Crippen molar-refractivity contribution in [3.8, 4) is 11.1 Å². The minimum Gasteiger partial charge on any atom is -0.481 e. The Kier molecular flexibility index (Phi) is 11.3. The van der Waals surface area contributed by atoms with Crippen LogP contribution in [0.2, 0.25) is 5.02 Å². The highest BCUT2D eigenvalue weighted by Crippen LogP contribution is 2.23. The molecular formula is C29H31ClN4O5. The molecule has 3 aromatic carbocycles. The molecule has 0 aliphatic rings. The molecule has 0 aliphatic heterocycles. The zero-order valence-electron chi connectivity index (χ0n) is 21.3. The number of amides is 4. The Bertz CT molecular complexity index is 1270. The van der Waals surface area contributed by atoms with E-state index in [2.05, 4.69) is 21.3 Å². The molecule has 0 aliphatic carbocycles. The number of nitrogens with one attached hydrogen (secondary N) is 4. The van der Waals surface area contributed by atoms with Gasteiger partial charge >= 0.3 is 12.0 Å². The monoisotopic (exact) mass is 550 g/mol. The van der Waals surface area contributed by atoms with Gasteiger partial charge < -0.3 is 26.4 Å². The van der Waals surface area contributed by atoms with Crippen molar-refractivity contribution in [3.05, 3.63) is 95.0 Å². The van der Waals surface area contributed by atoms with Crippen LogP contribution in [0.25, 0.3) is 11.1 Å². The molecule has 0 spiro atoms. The first-order chi connectivity index (χ1) is 18.8. The number of carbonyl (C=O) groups excluding carboxylic acids is 3. The number of aliphatic carboxylic acids is 1. The first-order valence-electron chi connectivity index (χ1n) is 12.5. The lowest BCUT2D eigenvalue weighted by Gasteiger charge is -2.18. The summed E-state index contributed by atoms with van der Waals surface area (Å²) in [5.41, 5.74) is 3.44. The lowest BCUT2D eigenvalue weighted by Crippen LogP contribution is -2.39. The van der Waals surface area contributed by atoms with E-state index in [4.69, 9.17) is 11.6 Å². The zero-order chi connectivity index (χ0) is 28.0. The van der Waals surface area contributed by atoms with Gasteiger partial charge in [0.1, 0.15) is 0 Å². The lowest BCUT2D eigenvalue weighted by atomic mass is 9.99. The fourth-order valence-electron chi connectivity index (χ4n) is 3.81. The SMILES string of the molecule is O=C(O)CC(NC(=O)CNC(=O)CCCNC(=O)NCc1ccccc1Cl)c1ccc(-c2ccccc2)cc1. The first kappa shape index (κ1) is 29.2. The smallest absolute Gasteiger partial charge is 0.315 e. The van der Waals surface area contributed by atoms with Crippen LogP contribution in [0.15, 0.2) is 78.9 Å². The van der Waals surface area contributed by atoms with E-state index < -0.39 is 17.9 Å². The quantitative estimate of drug-likeness (QED) is 0.205. The van der Waals surface area contributed by atoms with Gasteiger partial charge in [-0.1, -0.05) is 84.4 Å². The third kappa shape index (κ3) is 10.1. The molecule has 3 aromatic rings. The van der Waals surface area contributed by atoms with E-state index >= 15 is 0 Å². The number of benzene rings is 3. The first-order valence-corrected chi connectivity index (χ1v) is 12.9. The molecule has 39 heavy (non-hydrogen) atoms. The van der Waals surface area contributed by atoms with Gasteiger partial charge in [0, 0.05) is 24.5 Å². The number of hydrogen-bond donors (Lipinski definition) is 5. The Labute approximate surface area is 232 Å². The van der Waals surface area contributed by atoms with Crippen molar-refractivity contribution in [2.45, 2.75) is 31.8 Å². The average Bonchev–Trinajstić information content (AvgIpc) is 2.94. The van der Waals surface area contributed by atoms with Crippen LogP contribution >= 0.6 is 11.6 Å². The van der Waals surface area contributed by atoms with E-state index in [-0.39, 0.29) is 44.4 Å². The van der Waals surface area contributed by atoms with Crippen molar-refractivity contribution < 1.29 is 24.3 Å². The van der Waals surface area contributed by atoms with E-state index in [1.54, 1.807) is 24.3 Å². The Morgan fingerprint density at radius 1 is 0.769 bits per heavy atom. The highest BCUT2D eigenvalue weighted by atomic mass is 35.5. The molecule has 204 valence electrons. The third-order valence-corrected chi connectivity index (χ3v) is 6.21. The lowest BCUT2D eigenvalue weighted by molar-refractivity contribution is -0.138. The average molecular weight is 551 g/mol. The molecule has 0 aromatic heterocycles. The van der Waals surface area contributed by atoms with Gasteiger partial charge in [0.05, 0.1) is 19.0 Å². The maximum atomic E-state index is 12.4. The summed E-state index contributed by atoms with van der Waals surface area (Å²) in [4.78, 5) is 47.9. The van der Waals surface area contributed by atoms with Crippen LogP contribution in [0.3, 0.4) is 0 Å². The maximum absolute atomic E-state index is 12.4. The second kappa shape index (κ2) is 15.1. The molecule has 9 nitrogen and oxygen atoms in total. The molecule has 0 saturated carbocycles. The van der Waals surface area contributed by atoms with Crippen LogP contribution in [0.5, 0.6) is 0 Å². The van der Waals surface area contributed by atoms with Gasteiger partial charge in [0.25, 0.3) is 0 Å². The number of rotatable bonds is 13. The summed E-state index contributed by atoms with van der Waals surface area (Å²) in [6.07, 6.45) is 0.189. The predicted octanol–water partition coefficient (Wildman–Crippen LogP) is 4.03. The molecule has 0 bridgehead atoms. The fourth-order valence-corrected chi connectivity index (χ4v) is 4.01. The summed E-state index contributed by atoms with van der Waals surface area (Å²) in [5.74, 6) is -1.91. The Morgan fingerprint density at radius 3 is 2.13 bits per heavy atom. The number of carboxylic acid groups (broad SMARTS) is 1. The molecule has 10 heteroatoms. The second-order valence-electron chi connectivity index (χ2n) is 8.79. The summed E-state index contributed by atoms with van der Waals surface area (Å²) < 4.78 is 0. The zero-order valence-corrected chi connectivity index (χ0v) is 22.0. The highest BCUT2D eigenvalue weighted by Gasteiger charge is 2.18. The molecule has 1 unspecified atom stereocenters. The van der Waals surface area contributed by atoms with Crippen molar-refractivity contribution in [2.24, 2.45) is 0 Å². The van der Waals surface area contributed by atoms with Gasteiger partial charge in [-0.05, 0) is 34.7 Å². The van der Waals surface area contributed by atoms with Gasteiger partial charge in [-0.2, -0.15) is 0 Å². The van der Waals surface area contributed by atoms with Gasteiger partial charge in [-0.15, -0.1) is 0 Å². The van der Waals surface area contributed by atoms with Gasteiger partial charge in [0.15, 0.2) is 0 Å². The van der Waals surface area contributed by atoms with Crippen LogP contribution in [0, 0.1) is 0 Å². The highest BCUT2D eigenvalue weighted by molar-refractivity contribution is 6.31. The van der Waals surface area contributed by atoms with E-state index in [1.807, 2.05) is 54.6 Å². The summed E-state index contributed by atoms with van der Waals surface area (Å²) >= 11 is 6.06. The Hall–Kier alpha value is -4.37. The minimum absolute atomic E-state index is 0.109. The van der Waals surface area contributed by atoms with Crippen LogP contribution in [0.1, 0.15) is 36.4 Å². The van der Waals surface area contributed by atoms with Crippen LogP contribution in [-0.4, -0.2) is 42.0 Å². The largest absolute Gasteiger partial charge is 0.481 e. The summed E-state index contributed by atoms with van der Waals surface area (Å²) in [6.45, 7) is 0.261. The molecule has 0 radical (unpaired) electrons. The predicted molar refractivity (Wildman–Crippen MR) is 149 cm³/mol. The number of hydrogen-bond acceptors (Lipinski definition) is 4. The molecule has 4 amide bonds. The van der Waals surface area contributed by atoms with Gasteiger partial charge in [-0.3, -0.25) is 14.4 Å². The van der Waals surface area contributed by atoms with E-state index in [1.165, 1.54) is 0 Å². The van der Waals surface area contributed by atoms with Crippen molar-refractivity contribution >= 4 is 35.4 Å². The second-order valence-corrected chi connectivity index (χ2v) is 9.19. The van der Waals surface area contributed by atoms with E-state index in [0.717, 1.165) is 16.7 Å². The van der Waals surface area contributed by atoms with Crippen LogP contribution in [-0.2, 0) is 20.9 Å².